The largest absolute Gasteiger partial charge is 0.462 e. The van der Waals surface area contributed by atoms with Crippen molar-refractivity contribution in [3.63, 3.8) is 0 Å². The summed E-state index contributed by atoms with van der Waals surface area (Å²) in [5.41, 5.74) is 2.40. The minimum atomic E-state index is -0.338. The Bertz CT molecular complexity index is 1080. The summed E-state index contributed by atoms with van der Waals surface area (Å²) in [6.07, 6.45) is 2.59. The first kappa shape index (κ1) is 20.8. The third kappa shape index (κ3) is 4.82. The lowest BCUT2D eigenvalue weighted by Crippen LogP contribution is -2.25. The number of hydrogen-bond donors (Lipinski definition) is 1. The van der Waals surface area contributed by atoms with E-state index in [2.05, 4.69) is 10.3 Å². The quantitative estimate of drug-likeness (QED) is 0.584. The van der Waals surface area contributed by atoms with E-state index in [-0.39, 0.29) is 23.8 Å². The number of carbonyl (C=O) groups is 2. The van der Waals surface area contributed by atoms with Crippen LogP contribution < -0.4 is 5.32 Å². The third-order valence-corrected chi connectivity index (χ3v) is 5.45. The molecular formula is C24H24FN3O3. The predicted molar refractivity (Wildman–Crippen MR) is 115 cm³/mol. The zero-order chi connectivity index (χ0) is 21.8. The first-order chi connectivity index (χ1) is 15.0. The van der Waals surface area contributed by atoms with E-state index < -0.39 is 0 Å². The van der Waals surface area contributed by atoms with Crippen molar-refractivity contribution in [1.82, 2.24) is 9.55 Å². The molecule has 160 valence electrons. The molecule has 3 aromatic rings. The molecule has 1 saturated heterocycles. The number of nitrogens with zero attached hydrogens (tertiary/aromatic N) is 2. The fourth-order valence-electron chi connectivity index (χ4n) is 3.81. The number of hydrogen-bond acceptors (Lipinski definition) is 4. The average molecular weight is 421 g/mol. The van der Waals surface area contributed by atoms with Gasteiger partial charge in [-0.25, -0.2) is 9.37 Å². The number of amides is 1. The van der Waals surface area contributed by atoms with Crippen molar-refractivity contribution in [2.45, 2.75) is 45.3 Å². The maximum Gasteiger partial charge on any atom is 0.306 e. The van der Waals surface area contributed by atoms with E-state index in [0.29, 0.717) is 47.8 Å². The van der Waals surface area contributed by atoms with Crippen molar-refractivity contribution < 1.29 is 18.7 Å². The number of rotatable bonds is 6. The van der Waals surface area contributed by atoms with Gasteiger partial charge < -0.3 is 14.6 Å². The van der Waals surface area contributed by atoms with Gasteiger partial charge in [0.05, 0.1) is 0 Å². The molecule has 0 spiro atoms. The number of halogens is 1. The molecule has 1 amide bonds. The van der Waals surface area contributed by atoms with Crippen LogP contribution in [0, 0.1) is 12.7 Å². The summed E-state index contributed by atoms with van der Waals surface area (Å²) in [4.78, 5) is 29.1. The molecule has 0 aliphatic carbocycles. The Morgan fingerprint density at radius 2 is 1.94 bits per heavy atom. The number of imidazole rings is 1. The van der Waals surface area contributed by atoms with Crippen LogP contribution in [0.5, 0.6) is 0 Å². The highest BCUT2D eigenvalue weighted by molar-refractivity contribution is 6.04. The zero-order valence-electron chi connectivity index (χ0n) is 17.3. The van der Waals surface area contributed by atoms with E-state index in [1.54, 1.807) is 12.1 Å². The molecule has 1 aliphatic heterocycles. The molecule has 1 aliphatic rings. The Morgan fingerprint density at radius 1 is 1.19 bits per heavy atom. The smallest absolute Gasteiger partial charge is 0.306 e. The molecule has 4 rings (SSSR count). The summed E-state index contributed by atoms with van der Waals surface area (Å²) in [7, 11) is 0. The normalized spacial score (nSPS) is 16.1. The van der Waals surface area contributed by atoms with Crippen molar-refractivity contribution in [1.29, 1.82) is 0 Å². The lowest BCUT2D eigenvalue weighted by Gasteiger charge is -2.23. The molecule has 1 atom stereocenters. The first-order valence-electron chi connectivity index (χ1n) is 10.4. The molecule has 0 saturated carbocycles. The van der Waals surface area contributed by atoms with Crippen LogP contribution in [0.15, 0.2) is 54.6 Å². The molecule has 0 bridgehead atoms. The van der Waals surface area contributed by atoms with E-state index in [4.69, 9.17) is 4.74 Å². The van der Waals surface area contributed by atoms with Gasteiger partial charge in [-0.15, -0.1) is 0 Å². The summed E-state index contributed by atoms with van der Waals surface area (Å²) in [6.45, 7) is 2.37. The fourth-order valence-corrected chi connectivity index (χ4v) is 3.81. The van der Waals surface area contributed by atoms with Gasteiger partial charge in [0.1, 0.15) is 23.4 Å². The van der Waals surface area contributed by atoms with Crippen LogP contribution in [0.1, 0.15) is 41.9 Å². The summed E-state index contributed by atoms with van der Waals surface area (Å²) in [5.74, 6) is -0.234. The molecule has 2 aromatic carbocycles. The van der Waals surface area contributed by atoms with Crippen LogP contribution in [0.4, 0.5) is 10.1 Å². The van der Waals surface area contributed by atoms with Crippen molar-refractivity contribution in [2.75, 3.05) is 5.32 Å². The number of benzene rings is 2. The fraction of sp³-hybridized carbons (Fsp3) is 0.292. The van der Waals surface area contributed by atoms with Crippen LogP contribution >= 0.6 is 0 Å². The van der Waals surface area contributed by atoms with Crippen molar-refractivity contribution in [2.24, 2.45) is 0 Å². The minimum Gasteiger partial charge on any atom is -0.462 e. The molecule has 1 fully saturated rings. The number of aromatic nitrogens is 2. The van der Waals surface area contributed by atoms with Gasteiger partial charge in [0.25, 0.3) is 5.91 Å². The van der Waals surface area contributed by atoms with Gasteiger partial charge in [-0.1, -0.05) is 18.2 Å². The van der Waals surface area contributed by atoms with Crippen LogP contribution in [0.2, 0.25) is 0 Å². The van der Waals surface area contributed by atoms with E-state index in [1.807, 2.05) is 41.8 Å². The third-order valence-electron chi connectivity index (χ3n) is 5.45. The Balaban J connectivity index is 1.63. The summed E-state index contributed by atoms with van der Waals surface area (Å²) < 4.78 is 20.8. The zero-order valence-corrected chi connectivity index (χ0v) is 17.3. The van der Waals surface area contributed by atoms with Gasteiger partial charge in [0.2, 0.25) is 0 Å². The number of cyclic esters (lactones) is 1. The molecule has 2 heterocycles. The predicted octanol–water partition coefficient (Wildman–Crippen LogP) is 4.74. The maximum atomic E-state index is 13.4. The Kier molecular flexibility index (Phi) is 6.11. The van der Waals surface area contributed by atoms with Gasteiger partial charge >= 0.3 is 5.97 Å². The van der Waals surface area contributed by atoms with Crippen LogP contribution in [0.25, 0.3) is 11.4 Å². The number of ether oxygens (including phenoxy) is 1. The SMILES string of the molecule is Cc1c(C(=O)Nc2ccccc2)nc(-c2ccc(F)cc2)n1CCC1CCCC(=O)O1. The number of anilines is 1. The second kappa shape index (κ2) is 9.12. The summed E-state index contributed by atoms with van der Waals surface area (Å²) >= 11 is 0. The van der Waals surface area contributed by atoms with E-state index in [1.165, 1.54) is 12.1 Å². The van der Waals surface area contributed by atoms with E-state index in [9.17, 15) is 14.0 Å². The molecule has 1 N–H and O–H groups in total. The van der Waals surface area contributed by atoms with Crippen molar-refractivity contribution >= 4 is 17.6 Å². The van der Waals surface area contributed by atoms with E-state index >= 15 is 0 Å². The van der Waals surface area contributed by atoms with Crippen LogP contribution in [-0.4, -0.2) is 27.5 Å². The van der Waals surface area contributed by atoms with Gasteiger partial charge in [-0.05, 0) is 56.2 Å². The molecule has 1 unspecified atom stereocenters. The molecule has 31 heavy (non-hydrogen) atoms. The standard InChI is InChI=1S/C24H24FN3O3/c1-16-22(24(30)26-19-6-3-2-4-7-19)27-23(17-10-12-18(25)13-11-17)28(16)15-14-20-8-5-9-21(29)31-20/h2-4,6-7,10-13,20H,5,8-9,14-15H2,1H3,(H,26,30). The molecular weight excluding hydrogens is 397 g/mol. The van der Waals surface area contributed by atoms with Gasteiger partial charge in [0.15, 0.2) is 0 Å². The topological polar surface area (TPSA) is 73.2 Å². The second-order valence-electron chi connectivity index (χ2n) is 7.64. The van der Waals surface area contributed by atoms with Crippen molar-refractivity contribution in [3.05, 3.63) is 71.8 Å². The Morgan fingerprint density at radius 3 is 2.65 bits per heavy atom. The van der Waals surface area contributed by atoms with Gasteiger partial charge in [-0.3, -0.25) is 9.59 Å². The molecule has 1 aromatic heterocycles. The van der Waals surface area contributed by atoms with Crippen molar-refractivity contribution in [3.8, 4) is 11.4 Å². The van der Waals surface area contributed by atoms with Gasteiger partial charge in [-0.2, -0.15) is 0 Å². The van der Waals surface area contributed by atoms with Crippen LogP contribution in [0.3, 0.4) is 0 Å². The number of nitrogens with one attached hydrogen (secondary N) is 1. The van der Waals surface area contributed by atoms with E-state index in [0.717, 1.165) is 12.8 Å². The Labute approximate surface area is 180 Å². The summed E-state index contributed by atoms with van der Waals surface area (Å²) in [6, 6.07) is 15.2. The van der Waals surface area contributed by atoms with Crippen LogP contribution in [-0.2, 0) is 16.1 Å². The molecule has 7 heteroatoms. The molecule has 6 nitrogen and oxygen atoms in total. The number of esters is 1. The average Bonchev–Trinajstić information content (AvgIpc) is 3.10. The first-order valence-corrected chi connectivity index (χ1v) is 10.4. The number of para-hydroxylation sites is 1. The second-order valence-corrected chi connectivity index (χ2v) is 7.64. The highest BCUT2D eigenvalue weighted by Gasteiger charge is 2.24. The monoisotopic (exact) mass is 421 g/mol. The highest BCUT2D eigenvalue weighted by atomic mass is 19.1. The lowest BCUT2D eigenvalue weighted by atomic mass is 10.1. The minimum absolute atomic E-state index is 0.147. The Hall–Kier alpha value is -3.48. The lowest BCUT2D eigenvalue weighted by molar-refractivity contribution is -0.154. The number of carbonyl (C=O) groups excluding carboxylic acids is 2. The highest BCUT2D eigenvalue weighted by Crippen LogP contribution is 2.26. The maximum absolute atomic E-state index is 13.4. The molecule has 0 radical (unpaired) electrons. The van der Waals surface area contributed by atoms with Gasteiger partial charge in [0, 0.05) is 36.3 Å². The summed E-state index contributed by atoms with van der Waals surface area (Å²) in [5, 5.41) is 2.87.